The van der Waals surface area contributed by atoms with E-state index >= 15 is 0 Å². The van der Waals surface area contributed by atoms with Crippen LogP contribution in [0.5, 0.6) is 0 Å². The van der Waals surface area contributed by atoms with Gasteiger partial charge in [-0.1, -0.05) is 30.3 Å². The van der Waals surface area contributed by atoms with Gasteiger partial charge in [0.2, 0.25) is 5.83 Å². The van der Waals surface area contributed by atoms with E-state index in [-0.39, 0.29) is 0 Å². The number of allylic oxidation sites excluding steroid dienone is 1. The van der Waals surface area contributed by atoms with Gasteiger partial charge in [-0.15, -0.1) is 0 Å². The first-order chi connectivity index (χ1) is 7.68. The van der Waals surface area contributed by atoms with Gasteiger partial charge in [-0.3, -0.25) is 0 Å². The number of benzene rings is 1. The minimum atomic E-state index is -6.18. The molecule has 0 nitrogen and oxygen atoms in total. The number of hydrogen-bond acceptors (Lipinski definition) is 0. The van der Waals surface area contributed by atoms with Crippen molar-refractivity contribution in [3.63, 3.8) is 0 Å². The molecule has 0 unspecified atom stereocenters. The Balaban J connectivity index is 3.23. The lowest BCUT2D eigenvalue weighted by atomic mass is 10.1. The summed E-state index contributed by atoms with van der Waals surface area (Å²) in [7, 11) is 0. The Morgan fingerprint density at radius 3 is 1.71 bits per heavy atom. The zero-order valence-electron chi connectivity index (χ0n) is 8.03. The Labute approximate surface area is 91.4 Å². The zero-order chi connectivity index (χ0) is 13.3. The molecule has 0 saturated carbocycles. The molecule has 1 aromatic rings. The summed E-state index contributed by atoms with van der Waals surface area (Å²) in [5, 5.41) is 0. The van der Waals surface area contributed by atoms with E-state index in [1.807, 2.05) is 0 Å². The monoisotopic (exact) mass is 258 g/mol. The van der Waals surface area contributed by atoms with Gasteiger partial charge in [0.25, 0.3) is 0 Å². The van der Waals surface area contributed by atoms with Crippen LogP contribution in [-0.4, -0.2) is 12.1 Å². The first-order valence-electron chi connectivity index (χ1n) is 4.23. The molecular formula is C10H5F7. The Morgan fingerprint density at radius 1 is 0.824 bits per heavy atom. The standard InChI is InChI=1S/C10H5F7/c11-7(6-4-2-1-3-5-6)8(12)9(13,14)10(15,16)17/h1-5H/b8-7-. The van der Waals surface area contributed by atoms with Gasteiger partial charge in [-0.2, -0.15) is 22.0 Å². The van der Waals surface area contributed by atoms with Crippen molar-refractivity contribution >= 4 is 5.83 Å². The van der Waals surface area contributed by atoms with Crippen LogP contribution < -0.4 is 0 Å². The lowest BCUT2D eigenvalue weighted by Gasteiger charge is -2.18. The van der Waals surface area contributed by atoms with Crippen LogP contribution >= 0.6 is 0 Å². The predicted octanol–water partition coefficient (Wildman–Crippen LogP) is 4.49. The van der Waals surface area contributed by atoms with Gasteiger partial charge in [0.15, 0.2) is 5.83 Å². The van der Waals surface area contributed by atoms with E-state index < -0.39 is 29.3 Å². The number of rotatable bonds is 2. The molecule has 0 atom stereocenters. The maximum atomic E-state index is 13.1. The first kappa shape index (κ1) is 13.5. The zero-order valence-corrected chi connectivity index (χ0v) is 8.03. The highest BCUT2D eigenvalue weighted by Gasteiger charge is 2.62. The van der Waals surface area contributed by atoms with Crippen LogP contribution in [0.25, 0.3) is 5.83 Å². The largest absolute Gasteiger partial charge is 0.460 e. The number of halogens is 7. The molecule has 1 aromatic carbocycles. The van der Waals surface area contributed by atoms with E-state index in [1.165, 1.54) is 18.2 Å². The van der Waals surface area contributed by atoms with Gasteiger partial charge >= 0.3 is 12.1 Å². The molecule has 0 heterocycles. The number of hydrogen-bond donors (Lipinski definition) is 0. The SMILES string of the molecule is F/C(=C(\F)C(F)(F)C(F)(F)F)c1ccccc1. The quantitative estimate of drug-likeness (QED) is 0.685. The summed E-state index contributed by atoms with van der Waals surface area (Å²) in [6, 6.07) is 5.47. The van der Waals surface area contributed by atoms with Crippen LogP contribution in [0.3, 0.4) is 0 Å². The third-order valence-electron chi connectivity index (χ3n) is 1.85. The van der Waals surface area contributed by atoms with Crippen LogP contribution in [-0.2, 0) is 0 Å². The van der Waals surface area contributed by atoms with Crippen molar-refractivity contribution in [3.05, 3.63) is 41.7 Å². The molecule has 0 aliphatic carbocycles. The van der Waals surface area contributed by atoms with E-state index in [0.29, 0.717) is 0 Å². The average Bonchev–Trinajstić information content (AvgIpc) is 2.26. The Kier molecular flexibility index (Phi) is 3.49. The van der Waals surface area contributed by atoms with Crippen molar-refractivity contribution in [2.45, 2.75) is 12.1 Å². The third-order valence-corrected chi connectivity index (χ3v) is 1.85. The summed E-state index contributed by atoms with van der Waals surface area (Å²) in [5.41, 5.74) is -0.686. The lowest BCUT2D eigenvalue weighted by molar-refractivity contribution is -0.270. The third kappa shape index (κ3) is 2.59. The molecule has 0 amide bonds. The fraction of sp³-hybridized carbons (Fsp3) is 0.200. The molecule has 0 fully saturated rings. The van der Waals surface area contributed by atoms with Crippen LogP contribution in [0.15, 0.2) is 36.2 Å². The van der Waals surface area contributed by atoms with E-state index in [9.17, 15) is 30.7 Å². The molecule has 0 spiro atoms. The van der Waals surface area contributed by atoms with Crippen molar-refractivity contribution in [2.75, 3.05) is 0 Å². The summed E-state index contributed by atoms with van der Waals surface area (Å²) in [5.74, 6) is -11.2. The van der Waals surface area contributed by atoms with Gasteiger partial charge in [0.05, 0.1) is 0 Å². The summed E-state index contributed by atoms with van der Waals surface area (Å²) >= 11 is 0. The van der Waals surface area contributed by atoms with Crippen LogP contribution in [0.4, 0.5) is 30.7 Å². The van der Waals surface area contributed by atoms with Crippen molar-refractivity contribution in [3.8, 4) is 0 Å². The van der Waals surface area contributed by atoms with Crippen molar-refractivity contribution in [2.24, 2.45) is 0 Å². The van der Waals surface area contributed by atoms with E-state index in [1.54, 1.807) is 0 Å². The first-order valence-corrected chi connectivity index (χ1v) is 4.23. The summed E-state index contributed by atoms with van der Waals surface area (Å²) < 4.78 is 86.1. The highest BCUT2D eigenvalue weighted by Crippen LogP contribution is 2.44. The maximum Gasteiger partial charge on any atom is 0.460 e. The summed E-state index contributed by atoms with van der Waals surface area (Å²) in [6.45, 7) is 0. The topological polar surface area (TPSA) is 0 Å². The van der Waals surface area contributed by atoms with Gasteiger partial charge in [-0.25, -0.2) is 8.78 Å². The van der Waals surface area contributed by atoms with E-state index in [4.69, 9.17) is 0 Å². The second kappa shape index (κ2) is 4.38. The molecule has 94 valence electrons. The van der Waals surface area contributed by atoms with Crippen LogP contribution in [0.2, 0.25) is 0 Å². The van der Waals surface area contributed by atoms with Gasteiger partial charge in [-0.05, 0) is 0 Å². The summed E-state index contributed by atoms with van der Waals surface area (Å²) in [4.78, 5) is 0. The highest BCUT2D eigenvalue weighted by molar-refractivity contribution is 5.62. The molecule has 0 aliphatic rings. The normalized spacial score (nSPS) is 14.5. The second-order valence-electron chi connectivity index (χ2n) is 3.07. The Bertz CT molecular complexity index is 416. The van der Waals surface area contributed by atoms with E-state index in [2.05, 4.69) is 0 Å². The molecule has 0 radical (unpaired) electrons. The Morgan fingerprint density at radius 2 is 1.29 bits per heavy atom. The van der Waals surface area contributed by atoms with Crippen LogP contribution in [0, 0.1) is 0 Å². The van der Waals surface area contributed by atoms with Crippen molar-refractivity contribution in [1.29, 1.82) is 0 Å². The van der Waals surface area contributed by atoms with E-state index in [0.717, 1.165) is 12.1 Å². The fourth-order valence-electron chi connectivity index (χ4n) is 0.973. The van der Waals surface area contributed by atoms with Crippen LogP contribution in [0.1, 0.15) is 5.56 Å². The molecule has 0 aliphatic heterocycles. The molecule has 17 heavy (non-hydrogen) atoms. The molecule has 0 aromatic heterocycles. The number of alkyl halides is 5. The molecule has 0 N–H and O–H groups in total. The molecule has 0 bridgehead atoms. The summed E-state index contributed by atoms with van der Waals surface area (Å²) in [6.07, 6.45) is -6.18. The predicted molar refractivity (Wildman–Crippen MR) is 46.6 cm³/mol. The highest BCUT2D eigenvalue weighted by atomic mass is 19.4. The average molecular weight is 258 g/mol. The Hall–Kier alpha value is -1.53. The minimum Gasteiger partial charge on any atom is -0.203 e. The molecular weight excluding hydrogens is 253 g/mol. The second-order valence-corrected chi connectivity index (χ2v) is 3.07. The lowest BCUT2D eigenvalue weighted by Crippen LogP contribution is -2.37. The van der Waals surface area contributed by atoms with Crippen molar-refractivity contribution in [1.82, 2.24) is 0 Å². The smallest absolute Gasteiger partial charge is 0.203 e. The molecule has 7 heteroatoms. The minimum absolute atomic E-state index is 0.686. The molecule has 1 rings (SSSR count). The van der Waals surface area contributed by atoms with Gasteiger partial charge in [0.1, 0.15) is 0 Å². The van der Waals surface area contributed by atoms with Gasteiger partial charge < -0.3 is 0 Å². The molecule has 0 saturated heterocycles. The fourth-order valence-corrected chi connectivity index (χ4v) is 0.973. The van der Waals surface area contributed by atoms with Gasteiger partial charge in [0, 0.05) is 5.56 Å². The maximum absolute atomic E-state index is 13.1. The van der Waals surface area contributed by atoms with Crippen molar-refractivity contribution < 1.29 is 30.7 Å².